The zero-order chi connectivity index (χ0) is 11.6. The quantitative estimate of drug-likeness (QED) is 0.574. The second-order valence-electron chi connectivity index (χ2n) is 5.10. The maximum Gasteiger partial charge on any atom is 0.410 e. The van der Waals surface area contributed by atoms with E-state index in [0.717, 1.165) is 13.1 Å². The molecule has 1 unspecified atom stereocenters. The number of carbonyl (C=O) groups excluding carboxylic acids is 1. The van der Waals surface area contributed by atoms with E-state index >= 15 is 0 Å². The Morgan fingerprint density at radius 2 is 2.00 bits per heavy atom. The normalized spacial score (nSPS) is 24.1. The van der Waals surface area contributed by atoms with Gasteiger partial charge in [0.25, 0.3) is 0 Å². The molecule has 15 heavy (non-hydrogen) atoms. The van der Waals surface area contributed by atoms with Crippen LogP contribution in [-0.2, 0) is 4.74 Å². The molecule has 4 nitrogen and oxygen atoms in total. The van der Waals surface area contributed by atoms with Crippen LogP contribution in [0.3, 0.4) is 0 Å². The van der Waals surface area contributed by atoms with E-state index in [0.29, 0.717) is 6.54 Å². The molecule has 0 bridgehead atoms. The molecule has 1 aliphatic rings. The fraction of sp³-hybridized carbons (Fsp3) is 0.818. The molecule has 1 aliphatic heterocycles. The number of hydrogen-bond donors (Lipinski definition) is 0. The molecule has 1 heterocycles. The Morgan fingerprint density at radius 1 is 1.40 bits per heavy atom. The predicted molar refractivity (Wildman–Crippen MR) is 59.3 cm³/mol. The Balaban J connectivity index is 2.53. The van der Waals surface area contributed by atoms with Gasteiger partial charge in [-0.25, -0.2) is 4.79 Å². The van der Waals surface area contributed by atoms with Crippen LogP contribution in [0.15, 0.2) is 0 Å². The van der Waals surface area contributed by atoms with Crippen LogP contribution in [0.2, 0.25) is 0 Å². The second kappa shape index (κ2) is 4.39. The highest BCUT2D eigenvalue weighted by Crippen LogP contribution is 2.14. The largest absolute Gasteiger partial charge is 0.456 e. The molecule has 0 spiro atoms. The monoisotopic (exact) mass is 213 g/mol. The standard InChI is InChI=1S/C11H21N2O2/c1-9-8-12(5)6-7-13(9)10(14)15-11(2,3)4/h9H,5-8H2,1-4H3/q-1. The van der Waals surface area contributed by atoms with E-state index in [1.807, 2.05) is 32.6 Å². The van der Waals surface area contributed by atoms with E-state index < -0.39 is 5.60 Å². The molecule has 4 heteroatoms. The maximum absolute atomic E-state index is 11.8. The lowest BCUT2D eigenvalue weighted by atomic mass is 10.2. The SMILES string of the molecule is [CH2-]N1CCN(C(=O)OC(C)(C)C)C(C)C1. The maximum atomic E-state index is 11.8. The van der Waals surface area contributed by atoms with E-state index in [-0.39, 0.29) is 12.1 Å². The summed E-state index contributed by atoms with van der Waals surface area (Å²) in [5.74, 6) is 0. The second-order valence-corrected chi connectivity index (χ2v) is 5.10. The summed E-state index contributed by atoms with van der Waals surface area (Å²) in [5, 5.41) is 0. The Bertz CT molecular complexity index is 235. The Morgan fingerprint density at radius 3 is 2.47 bits per heavy atom. The Kier molecular flexibility index (Phi) is 3.60. The van der Waals surface area contributed by atoms with Crippen LogP contribution in [0.25, 0.3) is 0 Å². The van der Waals surface area contributed by atoms with Crippen molar-refractivity contribution in [3.05, 3.63) is 7.05 Å². The number of amides is 1. The zero-order valence-corrected chi connectivity index (χ0v) is 10.1. The van der Waals surface area contributed by atoms with Gasteiger partial charge in [0.2, 0.25) is 0 Å². The van der Waals surface area contributed by atoms with Gasteiger partial charge in [-0.15, -0.1) is 0 Å². The molecule has 1 atom stereocenters. The summed E-state index contributed by atoms with van der Waals surface area (Å²) >= 11 is 0. The number of hydrogen-bond acceptors (Lipinski definition) is 3. The highest BCUT2D eigenvalue weighted by molar-refractivity contribution is 5.68. The van der Waals surface area contributed by atoms with Gasteiger partial charge >= 0.3 is 6.09 Å². The summed E-state index contributed by atoms with van der Waals surface area (Å²) in [7, 11) is 3.87. The molecule has 1 fully saturated rings. The van der Waals surface area contributed by atoms with Crippen molar-refractivity contribution in [1.82, 2.24) is 9.80 Å². The van der Waals surface area contributed by atoms with Crippen LogP contribution < -0.4 is 0 Å². The molecule has 0 radical (unpaired) electrons. The first-order valence-electron chi connectivity index (χ1n) is 5.34. The summed E-state index contributed by atoms with van der Waals surface area (Å²) < 4.78 is 5.33. The van der Waals surface area contributed by atoms with Gasteiger partial charge in [-0.05, 0) is 40.8 Å². The molecular weight excluding hydrogens is 192 g/mol. The highest BCUT2D eigenvalue weighted by Gasteiger charge is 2.27. The van der Waals surface area contributed by atoms with E-state index in [4.69, 9.17) is 4.74 Å². The molecule has 1 rings (SSSR count). The lowest BCUT2D eigenvalue weighted by Crippen LogP contribution is -2.53. The van der Waals surface area contributed by atoms with Crippen molar-refractivity contribution in [2.75, 3.05) is 19.6 Å². The van der Waals surface area contributed by atoms with Crippen LogP contribution in [-0.4, -0.2) is 47.2 Å². The first-order chi connectivity index (χ1) is 6.79. The third-order valence-corrected chi connectivity index (χ3v) is 2.34. The minimum absolute atomic E-state index is 0.172. The number of ether oxygens (including phenoxy) is 1. The number of nitrogens with zero attached hydrogens (tertiary/aromatic N) is 2. The fourth-order valence-corrected chi connectivity index (χ4v) is 1.62. The molecule has 0 saturated carbocycles. The first kappa shape index (κ1) is 12.3. The fourth-order valence-electron chi connectivity index (χ4n) is 1.62. The molecule has 0 aromatic carbocycles. The highest BCUT2D eigenvalue weighted by atomic mass is 16.6. The van der Waals surface area contributed by atoms with Crippen molar-refractivity contribution < 1.29 is 9.53 Å². The molecule has 0 aromatic rings. The first-order valence-corrected chi connectivity index (χ1v) is 5.34. The van der Waals surface area contributed by atoms with Crippen molar-refractivity contribution in [2.45, 2.75) is 39.3 Å². The van der Waals surface area contributed by atoms with Gasteiger partial charge in [0.1, 0.15) is 5.60 Å². The Labute approximate surface area is 92.2 Å². The van der Waals surface area contributed by atoms with Crippen LogP contribution >= 0.6 is 0 Å². The van der Waals surface area contributed by atoms with E-state index in [1.54, 1.807) is 4.90 Å². The van der Waals surface area contributed by atoms with Crippen molar-refractivity contribution >= 4 is 6.09 Å². The lowest BCUT2D eigenvalue weighted by Gasteiger charge is -2.42. The average molecular weight is 213 g/mol. The van der Waals surface area contributed by atoms with E-state index in [2.05, 4.69) is 7.05 Å². The van der Waals surface area contributed by atoms with Gasteiger partial charge in [-0.2, -0.15) is 0 Å². The minimum atomic E-state index is -0.418. The number of rotatable bonds is 0. The molecule has 1 amide bonds. The minimum Gasteiger partial charge on any atom is -0.456 e. The summed E-state index contributed by atoms with van der Waals surface area (Å²) in [4.78, 5) is 15.5. The lowest BCUT2D eigenvalue weighted by molar-refractivity contribution is 0.00588. The van der Waals surface area contributed by atoms with Gasteiger partial charge in [0.05, 0.1) is 0 Å². The molecule has 1 saturated heterocycles. The summed E-state index contributed by atoms with van der Waals surface area (Å²) in [6.07, 6.45) is -0.219. The van der Waals surface area contributed by atoms with E-state index in [9.17, 15) is 4.79 Å². The van der Waals surface area contributed by atoms with Crippen LogP contribution in [0.1, 0.15) is 27.7 Å². The predicted octanol–water partition coefficient (Wildman–Crippen LogP) is 1.72. The smallest absolute Gasteiger partial charge is 0.410 e. The van der Waals surface area contributed by atoms with Crippen LogP contribution in [0, 0.1) is 7.05 Å². The third-order valence-electron chi connectivity index (χ3n) is 2.34. The van der Waals surface area contributed by atoms with E-state index in [1.165, 1.54) is 0 Å². The van der Waals surface area contributed by atoms with Crippen LogP contribution in [0.5, 0.6) is 0 Å². The van der Waals surface area contributed by atoms with Gasteiger partial charge in [0, 0.05) is 12.6 Å². The molecule has 0 aromatic heterocycles. The Hall–Kier alpha value is -0.770. The third kappa shape index (κ3) is 3.70. The van der Waals surface area contributed by atoms with Crippen LogP contribution in [0.4, 0.5) is 4.79 Å². The summed E-state index contributed by atoms with van der Waals surface area (Å²) in [5.41, 5.74) is -0.418. The number of piperazine rings is 1. The molecule has 0 aliphatic carbocycles. The zero-order valence-electron chi connectivity index (χ0n) is 10.1. The van der Waals surface area contributed by atoms with Crippen molar-refractivity contribution in [1.29, 1.82) is 0 Å². The van der Waals surface area contributed by atoms with Crippen molar-refractivity contribution in [3.8, 4) is 0 Å². The summed E-state index contributed by atoms with van der Waals surface area (Å²) in [6, 6.07) is 0.172. The van der Waals surface area contributed by atoms with Crippen molar-refractivity contribution in [2.24, 2.45) is 0 Å². The average Bonchev–Trinajstić information content (AvgIpc) is 1.99. The van der Waals surface area contributed by atoms with Gasteiger partial charge in [-0.1, -0.05) is 0 Å². The topological polar surface area (TPSA) is 32.8 Å². The van der Waals surface area contributed by atoms with Gasteiger partial charge < -0.3 is 14.5 Å². The molecular formula is C11H21N2O2-. The van der Waals surface area contributed by atoms with Gasteiger partial charge in [-0.3, -0.25) is 7.05 Å². The molecule has 0 N–H and O–H groups in total. The molecule has 88 valence electrons. The summed E-state index contributed by atoms with van der Waals surface area (Å²) in [6.45, 7) is 9.97. The van der Waals surface area contributed by atoms with Crippen molar-refractivity contribution in [3.63, 3.8) is 0 Å². The van der Waals surface area contributed by atoms with Gasteiger partial charge in [0.15, 0.2) is 0 Å². The number of carbonyl (C=O) groups is 1.